The van der Waals surface area contributed by atoms with Gasteiger partial charge in [0.05, 0.1) is 0 Å². The van der Waals surface area contributed by atoms with Crippen molar-refractivity contribution in [3.63, 3.8) is 0 Å². The number of nitrogens with zero attached hydrogens (tertiary/aromatic N) is 1. The van der Waals surface area contributed by atoms with Gasteiger partial charge in [0.1, 0.15) is 0 Å². The molecule has 0 aromatic carbocycles. The van der Waals surface area contributed by atoms with Crippen LogP contribution in [0.4, 0.5) is 0 Å². The van der Waals surface area contributed by atoms with E-state index in [-0.39, 0.29) is 0 Å². The van der Waals surface area contributed by atoms with Crippen LogP contribution < -0.4 is 0 Å². The Morgan fingerprint density at radius 1 is 1.43 bits per heavy atom. The number of unbranched alkanes of at least 4 members (excludes halogenated alkanes) is 1. The maximum atomic E-state index is 2.25. The molecule has 1 nitrogen and oxygen atoms in total. The molecular weight excluding hydrogens is 86.1 g/mol. The number of hydrogen-bond acceptors (Lipinski definition) is 1. The summed E-state index contributed by atoms with van der Waals surface area (Å²) >= 11 is 0. The van der Waals surface area contributed by atoms with Crippen molar-refractivity contribution in [2.24, 2.45) is 0 Å². The summed E-state index contributed by atoms with van der Waals surface area (Å²) in [6, 6.07) is 0. The van der Waals surface area contributed by atoms with Gasteiger partial charge in [0, 0.05) is 6.54 Å². The summed E-state index contributed by atoms with van der Waals surface area (Å²) in [5.41, 5.74) is 0. The van der Waals surface area contributed by atoms with E-state index < -0.39 is 0 Å². The normalized spacial score (nSPS) is 10.3. The van der Waals surface area contributed by atoms with E-state index in [4.69, 9.17) is 0 Å². The van der Waals surface area contributed by atoms with Gasteiger partial charge in [-0.3, -0.25) is 0 Å². The third kappa shape index (κ3) is 5.96. The van der Waals surface area contributed by atoms with Gasteiger partial charge in [-0.05, 0) is 20.5 Å². The lowest BCUT2D eigenvalue weighted by atomic mass is 10.3. The lowest BCUT2D eigenvalue weighted by molar-refractivity contribution is 0.438. The summed E-state index contributed by atoms with van der Waals surface area (Å²) in [6.45, 7) is 3.26. The zero-order chi connectivity index (χ0) is 5.70. The number of hydrogen-bond donors (Lipinski definition) is 0. The predicted molar refractivity (Wildman–Crippen MR) is 33.1 cm³/mol. The molecule has 0 fully saturated rings. The standard InChI is InChI=1S/C6H14N/c1-4-5-6-7(2)3/h5H,4,6H2,1-3H3. The highest BCUT2D eigenvalue weighted by molar-refractivity contribution is 4.63. The first-order chi connectivity index (χ1) is 3.27. The van der Waals surface area contributed by atoms with Crippen molar-refractivity contribution in [1.82, 2.24) is 4.90 Å². The first-order valence-corrected chi connectivity index (χ1v) is 2.73. The fraction of sp³-hybridized carbons (Fsp3) is 0.833. The molecule has 0 spiro atoms. The fourth-order valence-corrected chi connectivity index (χ4v) is 0.387. The maximum Gasteiger partial charge on any atom is 0.000658 e. The van der Waals surface area contributed by atoms with Crippen LogP contribution in [0.25, 0.3) is 0 Å². The van der Waals surface area contributed by atoms with Gasteiger partial charge in [-0.2, -0.15) is 0 Å². The van der Waals surface area contributed by atoms with Gasteiger partial charge in [0.2, 0.25) is 0 Å². The monoisotopic (exact) mass is 100 g/mol. The van der Waals surface area contributed by atoms with E-state index in [0.717, 1.165) is 6.54 Å². The molecule has 0 saturated heterocycles. The molecule has 0 N–H and O–H groups in total. The van der Waals surface area contributed by atoms with Crippen LogP contribution in [0.5, 0.6) is 0 Å². The van der Waals surface area contributed by atoms with Crippen molar-refractivity contribution < 1.29 is 0 Å². The smallest absolute Gasteiger partial charge is 0.000658 e. The van der Waals surface area contributed by atoms with Gasteiger partial charge in [-0.15, -0.1) is 0 Å². The molecule has 0 amide bonds. The van der Waals surface area contributed by atoms with Crippen molar-refractivity contribution in [3.05, 3.63) is 6.42 Å². The van der Waals surface area contributed by atoms with E-state index >= 15 is 0 Å². The predicted octanol–water partition coefficient (Wildman–Crippen LogP) is 1.16. The molecule has 7 heavy (non-hydrogen) atoms. The Hall–Kier alpha value is -0.0400. The summed E-state index contributed by atoms with van der Waals surface area (Å²) in [4.78, 5) is 2.16. The summed E-state index contributed by atoms with van der Waals surface area (Å²) in [5.74, 6) is 0. The third-order valence-corrected chi connectivity index (χ3v) is 0.783. The Balaban J connectivity index is 2.68. The molecule has 0 aromatic heterocycles. The molecule has 0 aromatic rings. The van der Waals surface area contributed by atoms with Gasteiger partial charge >= 0.3 is 0 Å². The maximum absolute atomic E-state index is 2.25. The Morgan fingerprint density at radius 2 is 2.00 bits per heavy atom. The minimum atomic E-state index is 1.11. The molecule has 0 aliphatic rings. The lowest BCUT2D eigenvalue weighted by Crippen LogP contribution is -2.12. The van der Waals surface area contributed by atoms with E-state index in [1.165, 1.54) is 6.42 Å². The Kier molecular flexibility index (Phi) is 4.10. The van der Waals surface area contributed by atoms with Gasteiger partial charge < -0.3 is 4.90 Å². The van der Waals surface area contributed by atoms with Crippen LogP contribution in [0.15, 0.2) is 0 Å². The number of rotatable bonds is 3. The van der Waals surface area contributed by atoms with Gasteiger partial charge in [-0.25, -0.2) is 0 Å². The second kappa shape index (κ2) is 4.13. The Labute approximate surface area is 46.3 Å². The molecule has 0 bridgehead atoms. The lowest BCUT2D eigenvalue weighted by Gasteiger charge is -2.05. The quantitative estimate of drug-likeness (QED) is 0.514. The minimum absolute atomic E-state index is 1.11. The fourth-order valence-electron chi connectivity index (χ4n) is 0.387. The second-order valence-corrected chi connectivity index (χ2v) is 1.96. The summed E-state index contributed by atoms with van der Waals surface area (Å²) in [7, 11) is 4.15. The first-order valence-electron chi connectivity index (χ1n) is 2.73. The van der Waals surface area contributed by atoms with E-state index in [0.29, 0.717) is 0 Å². The topological polar surface area (TPSA) is 3.24 Å². The molecule has 1 radical (unpaired) electrons. The molecule has 0 aliphatic carbocycles. The molecule has 0 unspecified atom stereocenters. The summed E-state index contributed by atoms with van der Waals surface area (Å²) in [5, 5.41) is 0. The van der Waals surface area contributed by atoms with Crippen molar-refractivity contribution in [1.29, 1.82) is 0 Å². The first kappa shape index (κ1) is 6.96. The van der Waals surface area contributed by atoms with Crippen LogP contribution in [0.3, 0.4) is 0 Å². The second-order valence-electron chi connectivity index (χ2n) is 1.96. The highest BCUT2D eigenvalue weighted by Crippen LogP contribution is 1.84. The molecule has 1 heteroatoms. The molecule has 0 aliphatic heterocycles. The molecule has 0 saturated carbocycles. The van der Waals surface area contributed by atoms with E-state index in [1.807, 2.05) is 0 Å². The van der Waals surface area contributed by atoms with Gasteiger partial charge in [0.25, 0.3) is 0 Å². The molecule has 0 atom stereocenters. The highest BCUT2D eigenvalue weighted by Gasteiger charge is 1.84. The summed E-state index contributed by atoms with van der Waals surface area (Å²) in [6.07, 6.45) is 3.43. The van der Waals surface area contributed by atoms with E-state index in [9.17, 15) is 0 Å². The van der Waals surface area contributed by atoms with Crippen LogP contribution in [-0.2, 0) is 0 Å². The van der Waals surface area contributed by atoms with Crippen LogP contribution in [0.2, 0.25) is 0 Å². The molecule has 0 rings (SSSR count). The minimum Gasteiger partial charge on any atom is -0.309 e. The Bertz CT molecular complexity index is 33.2. The van der Waals surface area contributed by atoms with Crippen LogP contribution >= 0.6 is 0 Å². The highest BCUT2D eigenvalue weighted by atomic mass is 15.0. The Morgan fingerprint density at radius 3 is 2.14 bits per heavy atom. The summed E-state index contributed by atoms with van der Waals surface area (Å²) < 4.78 is 0. The van der Waals surface area contributed by atoms with E-state index in [2.05, 4.69) is 32.3 Å². The van der Waals surface area contributed by atoms with Crippen molar-refractivity contribution >= 4 is 0 Å². The van der Waals surface area contributed by atoms with Crippen LogP contribution in [0, 0.1) is 6.42 Å². The zero-order valence-corrected chi connectivity index (χ0v) is 5.44. The molecular formula is C6H14N. The van der Waals surface area contributed by atoms with E-state index in [1.54, 1.807) is 0 Å². The zero-order valence-electron chi connectivity index (χ0n) is 5.44. The third-order valence-electron chi connectivity index (χ3n) is 0.783. The van der Waals surface area contributed by atoms with Crippen molar-refractivity contribution in [2.45, 2.75) is 13.3 Å². The SMILES string of the molecule is CC[CH]CN(C)C. The van der Waals surface area contributed by atoms with Crippen molar-refractivity contribution in [3.8, 4) is 0 Å². The van der Waals surface area contributed by atoms with Gasteiger partial charge in [0.15, 0.2) is 0 Å². The van der Waals surface area contributed by atoms with Gasteiger partial charge in [-0.1, -0.05) is 13.3 Å². The molecule has 0 heterocycles. The largest absolute Gasteiger partial charge is 0.309 e. The average Bonchev–Trinajstić information content (AvgIpc) is 1.61. The van der Waals surface area contributed by atoms with Crippen LogP contribution in [-0.4, -0.2) is 25.5 Å². The van der Waals surface area contributed by atoms with Crippen LogP contribution in [0.1, 0.15) is 13.3 Å². The molecule has 43 valence electrons. The van der Waals surface area contributed by atoms with Crippen molar-refractivity contribution in [2.75, 3.05) is 20.6 Å². The average molecular weight is 100 g/mol.